The van der Waals surface area contributed by atoms with Gasteiger partial charge in [0.15, 0.2) is 11.6 Å². The third-order valence-corrected chi connectivity index (χ3v) is 14.6. The van der Waals surface area contributed by atoms with Crippen LogP contribution in [0, 0.1) is 55.7 Å². The fourth-order valence-electron chi connectivity index (χ4n) is 11.6. The van der Waals surface area contributed by atoms with Crippen LogP contribution in [-0.2, 0) is 19.2 Å². The first-order valence-corrected chi connectivity index (χ1v) is 16.5. The van der Waals surface area contributed by atoms with Crippen LogP contribution in [0.25, 0.3) is 0 Å². The lowest BCUT2D eigenvalue weighted by Gasteiger charge is -2.71. The van der Waals surface area contributed by atoms with E-state index in [1.165, 1.54) is 4.90 Å². The maximum atomic E-state index is 14.7. The molecule has 9 atom stereocenters. The van der Waals surface area contributed by atoms with Gasteiger partial charge in [0.05, 0.1) is 5.57 Å². The van der Waals surface area contributed by atoms with Gasteiger partial charge >= 0.3 is 5.97 Å². The summed E-state index contributed by atoms with van der Waals surface area (Å²) in [6.07, 6.45) is 9.01. The number of hydrogen-bond donors (Lipinski definition) is 2. The summed E-state index contributed by atoms with van der Waals surface area (Å²) in [7, 11) is 0. The normalized spacial score (nSPS) is 47.7. The van der Waals surface area contributed by atoms with E-state index in [2.05, 4.69) is 33.8 Å². The molecule has 2 N–H and O–H groups in total. The predicted molar refractivity (Wildman–Crippen MR) is 163 cm³/mol. The molecule has 3 saturated carbocycles. The first-order chi connectivity index (χ1) is 20.3. The zero-order valence-corrected chi connectivity index (χ0v) is 27.4. The van der Waals surface area contributed by atoms with Gasteiger partial charge in [-0.3, -0.25) is 14.4 Å². The monoisotopic (exact) mass is 604 g/mol. The van der Waals surface area contributed by atoms with Crippen LogP contribution in [0.4, 0.5) is 0 Å². The van der Waals surface area contributed by atoms with Gasteiger partial charge in [0, 0.05) is 34.1 Å². The molecule has 1 saturated heterocycles. The second-order valence-corrected chi connectivity index (χ2v) is 16.9. The summed E-state index contributed by atoms with van der Waals surface area (Å²) in [4.78, 5) is 55.6. The van der Waals surface area contributed by atoms with Crippen molar-refractivity contribution in [3.05, 3.63) is 23.3 Å². The van der Waals surface area contributed by atoms with Gasteiger partial charge in [-0.1, -0.05) is 54.5 Å². The fraction of sp³-hybridized carbons (Fsp3) is 0.750. The van der Waals surface area contributed by atoms with E-state index in [0.29, 0.717) is 51.5 Å². The van der Waals surface area contributed by atoms with Crippen LogP contribution >= 0.6 is 0 Å². The van der Waals surface area contributed by atoms with Crippen molar-refractivity contribution in [2.45, 2.75) is 118 Å². The number of aliphatic hydroxyl groups is 1. The average molecular weight is 605 g/mol. The van der Waals surface area contributed by atoms with Gasteiger partial charge in [-0.15, -0.1) is 0 Å². The quantitative estimate of drug-likeness (QED) is 0.431. The predicted octanol–water partition coefficient (Wildman–Crippen LogP) is 5.40. The highest BCUT2D eigenvalue weighted by Gasteiger charge is 2.75. The molecule has 0 bridgehead atoms. The van der Waals surface area contributed by atoms with Gasteiger partial charge in [-0.05, 0) is 86.2 Å². The number of carbonyl (C=O) groups excluding carboxylic acids is 3. The number of fused-ring (bicyclic) bond motifs is 7. The van der Waals surface area contributed by atoms with Gasteiger partial charge in [0.25, 0.3) is 0 Å². The summed E-state index contributed by atoms with van der Waals surface area (Å²) < 4.78 is 0. The van der Waals surface area contributed by atoms with E-state index in [4.69, 9.17) is 0 Å². The number of amides is 1. The number of hydrogen-bond acceptors (Lipinski definition) is 6. The van der Waals surface area contributed by atoms with Crippen LogP contribution in [0.5, 0.6) is 0 Å². The van der Waals surface area contributed by atoms with Crippen LogP contribution in [-0.4, -0.2) is 56.7 Å². The van der Waals surface area contributed by atoms with E-state index >= 15 is 0 Å². The van der Waals surface area contributed by atoms with Crippen molar-refractivity contribution in [2.24, 2.45) is 44.3 Å². The Kier molecular flexibility index (Phi) is 6.49. The Hall–Kier alpha value is -2.79. The van der Waals surface area contributed by atoms with E-state index in [-0.39, 0.29) is 34.4 Å². The zero-order chi connectivity index (χ0) is 32.5. The molecule has 1 heterocycles. The summed E-state index contributed by atoms with van der Waals surface area (Å²) in [6, 6.07) is 1.30. The van der Waals surface area contributed by atoms with E-state index in [9.17, 15) is 34.7 Å². The Morgan fingerprint density at radius 2 is 1.61 bits per heavy atom. The summed E-state index contributed by atoms with van der Waals surface area (Å²) in [5, 5.41) is 32.8. The Morgan fingerprint density at radius 1 is 0.955 bits per heavy atom. The molecule has 6 rings (SSSR count). The van der Waals surface area contributed by atoms with Crippen LogP contribution < -0.4 is 0 Å². The van der Waals surface area contributed by atoms with Crippen LogP contribution in [0.15, 0.2) is 23.3 Å². The van der Waals surface area contributed by atoms with Crippen LogP contribution in [0.3, 0.4) is 0 Å². The van der Waals surface area contributed by atoms with Gasteiger partial charge in [0.2, 0.25) is 5.91 Å². The summed E-state index contributed by atoms with van der Waals surface area (Å²) in [6.45, 7) is 14.6. The summed E-state index contributed by atoms with van der Waals surface area (Å²) in [5.74, 6) is -2.23. The number of nitrogens with zero attached hydrogens (tertiary/aromatic N) is 2. The van der Waals surface area contributed by atoms with Crippen molar-refractivity contribution in [2.75, 3.05) is 6.54 Å². The van der Waals surface area contributed by atoms with Crippen molar-refractivity contribution < 1.29 is 29.4 Å². The molecule has 1 amide bonds. The van der Waals surface area contributed by atoms with Crippen molar-refractivity contribution in [1.82, 2.24) is 4.90 Å². The summed E-state index contributed by atoms with van der Waals surface area (Å²) >= 11 is 0. The third-order valence-electron chi connectivity index (χ3n) is 14.6. The largest absolute Gasteiger partial charge is 0.480 e. The van der Waals surface area contributed by atoms with E-state index in [0.717, 1.165) is 18.4 Å². The molecule has 0 unspecified atom stereocenters. The SMILES string of the molecule is CC1(C)C(=O)C(C#N)=C[C@]2(C)C3=CC(=O)[C@]4(O)[C@@H]5C[C@@](C)(C(=O)N6CCC[C@H]6C(=O)O)CC[C@]5(C)CC[C@@]4(C)[C@]3(C)CC[C@@H]12. The van der Waals surface area contributed by atoms with Gasteiger partial charge in [-0.25, -0.2) is 4.79 Å². The van der Waals surface area contributed by atoms with Crippen molar-refractivity contribution in [3.8, 4) is 6.07 Å². The highest BCUT2D eigenvalue weighted by Crippen LogP contribution is 2.75. The number of Topliss-reactive ketones (excluding diaryl/α,β-unsaturated/α-hetero) is 1. The minimum atomic E-state index is -1.72. The van der Waals surface area contributed by atoms with Gasteiger partial charge in [0.1, 0.15) is 17.7 Å². The molecule has 44 heavy (non-hydrogen) atoms. The molecular formula is C36H48N2O6. The number of likely N-dealkylation sites (tertiary alicyclic amines) is 1. The molecule has 6 aliphatic rings. The molecule has 1 aliphatic heterocycles. The fourth-order valence-corrected chi connectivity index (χ4v) is 11.6. The molecule has 0 aromatic carbocycles. The van der Waals surface area contributed by atoms with Crippen molar-refractivity contribution in [1.29, 1.82) is 5.26 Å². The van der Waals surface area contributed by atoms with E-state index in [1.54, 1.807) is 12.2 Å². The number of ketones is 2. The average Bonchev–Trinajstić information content (AvgIpc) is 3.45. The first-order valence-electron chi connectivity index (χ1n) is 16.5. The van der Waals surface area contributed by atoms with Crippen LogP contribution in [0.2, 0.25) is 0 Å². The number of aliphatic carboxylic acids is 1. The zero-order valence-electron chi connectivity index (χ0n) is 27.4. The van der Waals surface area contributed by atoms with Gasteiger partial charge in [-0.2, -0.15) is 5.26 Å². The second-order valence-electron chi connectivity index (χ2n) is 16.9. The molecule has 0 spiro atoms. The lowest BCUT2D eigenvalue weighted by molar-refractivity contribution is -0.243. The molecule has 0 aromatic rings. The molecule has 238 valence electrons. The number of nitriles is 1. The Bertz CT molecular complexity index is 1490. The number of carbonyl (C=O) groups is 4. The van der Waals surface area contributed by atoms with Crippen molar-refractivity contribution in [3.63, 3.8) is 0 Å². The summed E-state index contributed by atoms with van der Waals surface area (Å²) in [5.41, 5.74) is -4.81. The van der Waals surface area contributed by atoms with Crippen molar-refractivity contribution >= 4 is 23.4 Å². The molecular weight excluding hydrogens is 556 g/mol. The Morgan fingerprint density at radius 3 is 2.25 bits per heavy atom. The Labute approximate surface area is 260 Å². The minimum absolute atomic E-state index is 0.0892. The molecule has 8 nitrogen and oxygen atoms in total. The first kappa shape index (κ1) is 31.2. The standard InChI is InChI=1S/C36H48N2O6/c1-30(2)23-10-11-34(6)24(33(23,5)18-21(20-37)27(30)40)17-26(39)36(44)25-19-32(4,13-12-31(25,3)14-15-35(34,36)7)29(43)38-16-8-9-22(38)28(41)42/h17-18,22-23,25,44H,8-16,19H2,1-7H3,(H,41,42)/t22-,23-,25+,31+,32-,33-,34+,35-,36+/m0/s1. The van der Waals surface area contributed by atoms with E-state index < -0.39 is 50.6 Å². The molecule has 5 aliphatic carbocycles. The highest BCUT2D eigenvalue weighted by atomic mass is 16.4. The van der Waals surface area contributed by atoms with E-state index in [1.807, 2.05) is 20.8 Å². The lowest BCUT2D eigenvalue weighted by Crippen LogP contribution is -2.74. The minimum Gasteiger partial charge on any atom is -0.480 e. The third kappa shape index (κ3) is 3.54. The van der Waals surface area contributed by atoms with Gasteiger partial charge < -0.3 is 15.1 Å². The molecule has 8 heteroatoms. The Balaban J connectivity index is 1.46. The number of carboxylic acids is 1. The smallest absolute Gasteiger partial charge is 0.326 e. The maximum absolute atomic E-state index is 14.7. The molecule has 4 fully saturated rings. The number of allylic oxidation sites excluding steroid dienone is 3. The lowest BCUT2D eigenvalue weighted by atomic mass is 9.33. The molecule has 0 radical (unpaired) electrons. The topological polar surface area (TPSA) is 136 Å². The molecule has 0 aromatic heterocycles. The highest BCUT2D eigenvalue weighted by molar-refractivity contribution is 6.05. The number of rotatable bonds is 2. The second kappa shape index (κ2) is 9.15. The van der Waals surface area contributed by atoms with Crippen LogP contribution in [0.1, 0.15) is 106 Å². The number of carboxylic acid groups (broad SMARTS) is 1. The maximum Gasteiger partial charge on any atom is 0.326 e.